The van der Waals surface area contributed by atoms with Crippen molar-refractivity contribution in [3.05, 3.63) is 57.5 Å². The first-order valence-electron chi connectivity index (χ1n) is 9.21. The number of thiophene rings is 1. The summed E-state index contributed by atoms with van der Waals surface area (Å²) in [5, 5.41) is 14.0. The van der Waals surface area contributed by atoms with Crippen molar-refractivity contribution >= 4 is 34.3 Å². The van der Waals surface area contributed by atoms with Gasteiger partial charge in [0.1, 0.15) is 5.01 Å². The third-order valence-corrected chi connectivity index (χ3v) is 6.01. The number of hydrogen-bond acceptors (Lipinski definition) is 7. The summed E-state index contributed by atoms with van der Waals surface area (Å²) in [5.41, 5.74) is 4.17. The molecule has 3 heterocycles. The van der Waals surface area contributed by atoms with Crippen LogP contribution in [0, 0.1) is 6.92 Å². The maximum atomic E-state index is 12.7. The lowest BCUT2D eigenvalue weighted by Gasteiger charge is -2.11. The highest BCUT2D eigenvalue weighted by atomic mass is 32.1. The molecule has 8 heteroatoms. The summed E-state index contributed by atoms with van der Waals surface area (Å²) in [4.78, 5) is 21.8. The predicted molar refractivity (Wildman–Crippen MR) is 116 cm³/mol. The predicted octanol–water partition coefficient (Wildman–Crippen LogP) is 5.53. The first-order chi connectivity index (χ1) is 14.0. The largest absolute Gasteiger partial charge is 0.334 e. The van der Waals surface area contributed by atoms with E-state index in [9.17, 15) is 4.79 Å². The summed E-state index contributed by atoms with van der Waals surface area (Å²) in [6.07, 6.45) is 0.204. The quantitative estimate of drug-likeness (QED) is 0.440. The monoisotopic (exact) mass is 424 g/mol. The number of benzene rings is 1. The minimum Gasteiger partial charge on any atom is -0.334 e. The second kappa shape index (κ2) is 8.26. The maximum absolute atomic E-state index is 12.7. The zero-order valence-electron chi connectivity index (χ0n) is 16.3. The lowest BCUT2D eigenvalue weighted by Crippen LogP contribution is -2.16. The van der Waals surface area contributed by atoms with Gasteiger partial charge in [-0.25, -0.2) is 4.98 Å². The van der Waals surface area contributed by atoms with Crippen LogP contribution in [0.3, 0.4) is 0 Å². The van der Waals surface area contributed by atoms with Crippen molar-refractivity contribution in [3.63, 3.8) is 0 Å². The van der Waals surface area contributed by atoms with Gasteiger partial charge in [0.2, 0.25) is 5.91 Å². The SMILES string of the molecule is Cc1cccc(-c2nc(C(C)C)no2)c1NC(=O)Cc1csc(-c2ccsc2)n1. The van der Waals surface area contributed by atoms with E-state index >= 15 is 0 Å². The highest BCUT2D eigenvalue weighted by molar-refractivity contribution is 7.14. The van der Waals surface area contributed by atoms with Crippen molar-refractivity contribution in [2.24, 2.45) is 0 Å². The van der Waals surface area contributed by atoms with Gasteiger partial charge in [-0.2, -0.15) is 16.3 Å². The van der Waals surface area contributed by atoms with Crippen LogP contribution in [0.25, 0.3) is 22.0 Å². The zero-order chi connectivity index (χ0) is 20.4. The minimum absolute atomic E-state index is 0.133. The Morgan fingerprint density at radius 3 is 2.79 bits per heavy atom. The van der Waals surface area contributed by atoms with E-state index < -0.39 is 0 Å². The molecule has 0 aliphatic carbocycles. The Bertz CT molecular complexity index is 1130. The van der Waals surface area contributed by atoms with Crippen LogP contribution in [0.5, 0.6) is 0 Å². The first kappa shape index (κ1) is 19.5. The fourth-order valence-electron chi connectivity index (χ4n) is 2.85. The summed E-state index contributed by atoms with van der Waals surface area (Å²) in [6, 6.07) is 7.75. The molecule has 0 unspecified atom stereocenters. The number of para-hydroxylation sites is 1. The first-order valence-corrected chi connectivity index (χ1v) is 11.0. The number of aromatic nitrogens is 3. The van der Waals surface area contributed by atoms with E-state index in [-0.39, 0.29) is 18.2 Å². The topological polar surface area (TPSA) is 80.9 Å². The Hall–Kier alpha value is -2.84. The molecule has 0 radical (unpaired) electrons. The van der Waals surface area contributed by atoms with Gasteiger partial charge in [-0.1, -0.05) is 31.1 Å². The Morgan fingerprint density at radius 2 is 2.07 bits per heavy atom. The van der Waals surface area contributed by atoms with Crippen LogP contribution in [0.2, 0.25) is 0 Å². The van der Waals surface area contributed by atoms with E-state index in [0.717, 1.165) is 27.4 Å². The number of nitrogens with one attached hydrogen (secondary N) is 1. The number of amides is 1. The number of carbonyl (C=O) groups is 1. The summed E-state index contributed by atoms with van der Waals surface area (Å²) < 4.78 is 5.43. The van der Waals surface area contributed by atoms with Gasteiger partial charge in [-0.15, -0.1) is 11.3 Å². The molecule has 0 aliphatic heterocycles. The standard InChI is InChI=1S/C21H20N4O2S2/c1-12(2)19-24-20(27-25-19)16-6-4-5-13(3)18(16)23-17(26)9-15-11-29-21(22-15)14-7-8-28-10-14/h4-8,10-12H,9H2,1-3H3,(H,23,26). The maximum Gasteiger partial charge on any atom is 0.260 e. The molecule has 1 amide bonds. The van der Waals surface area contributed by atoms with Gasteiger partial charge in [0.15, 0.2) is 5.82 Å². The second-order valence-electron chi connectivity index (χ2n) is 6.99. The number of thiazole rings is 1. The number of hydrogen-bond donors (Lipinski definition) is 1. The molecular formula is C21H20N4O2S2. The summed E-state index contributed by atoms with van der Waals surface area (Å²) in [6.45, 7) is 5.95. The molecule has 4 aromatic rings. The number of anilines is 1. The van der Waals surface area contributed by atoms with E-state index in [2.05, 4.69) is 25.8 Å². The van der Waals surface area contributed by atoms with E-state index in [1.54, 1.807) is 22.7 Å². The van der Waals surface area contributed by atoms with E-state index in [4.69, 9.17) is 4.52 Å². The number of aryl methyl sites for hydroxylation is 1. The fourth-order valence-corrected chi connectivity index (χ4v) is 4.38. The van der Waals surface area contributed by atoms with Crippen molar-refractivity contribution < 1.29 is 9.32 Å². The van der Waals surface area contributed by atoms with Crippen molar-refractivity contribution in [3.8, 4) is 22.0 Å². The molecular weight excluding hydrogens is 404 g/mol. The average molecular weight is 425 g/mol. The van der Waals surface area contributed by atoms with E-state index in [1.165, 1.54) is 0 Å². The smallest absolute Gasteiger partial charge is 0.260 e. The lowest BCUT2D eigenvalue weighted by atomic mass is 10.1. The zero-order valence-corrected chi connectivity index (χ0v) is 17.9. The highest BCUT2D eigenvalue weighted by Crippen LogP contribution is 2.31. The normalized spacial score (nSPS) is 11.2. The van der Waals surface area contributed by atoms with Crippen LogP contribution in [0.15, 0.2) is 44.9 Å². The van der Waals surface area contributed by atoms with Crippen LogP contribution < -0.4 is 5.32 Å². The van der Waals surface area contributed by atoms with Crippen LogP contribution in [-0.2, 0) is 11.2 Å². The molecule has 4 rings (SSSR count). The Morgan fingerprint density at radius 1 is 1.21 bits per heavy atom. The molecule has 0 spiro atoms. The van der Waals surface area contributed by atoms with Crippen LogP contribution in [0.4, 0.5) is 5.69 Å². The number of carbonyl (C=O) groups excluding carboxylic acids is 1. The van der Waals surface area contributed by atoms with Crippen LogP contribution in [0.1, 0.15) is 36.8 Å². The van der Waals surface area contributed by atoms with Crippen molar-refractivity contribution in [2.75, 3.05) is 5.32 Å². The molecule has 0 atom stereocenters. The third kappa shape index (κ3) is 4.28. The van der Waals surface area contributed by atoms with Crippen LogP contribution >= 0.6 is 22.7 Å². The molecule has 1 aromatic carbocycles. The van der Waals surface area contributed by atoms with Crippen molar-refractivity contribution in [2.45, 2.75) is 33.1 Å². The molecule has 1 N–H and O–H groups in total. The fraction of sp³-hybridized carbons (Fsp3) is 0.238. The molecule has 0 fully saturated rings. The van der Waals surface area contributed by atoms with Gasteiger partial charge >= 0.3 is 0 Å². The summed E-state index contributed by atoms with van der Waals surface area (Å²) in [5.74, 6) is 1.08. The molecule has 29 heavy (non-hydrogen) atoms. The van der Waals surface area contributed by atoms with Gasteiger partial charge in [0, 0.05) is 22.2 Å². The molecule has 3 aromatic heterocycles. The number of rotatable bonds is 6. The van der Waals surface area contributed by atoms with E-state index in [1.807, 2.05) is 55.8 Å². The molecule has 0 saturated carbocycles. The van der Waals surface area contributed by atoms with Crippen molar-refractivity contribution in [1.82, 2.24) is 15.1 Å². The van der Waals surface area contributed by atoms with Crippen LogP contribution in [-0.4, -0.2) is 21.0 Å². The Labute approximate surface area is 176 Å². The second-order valence-corrected chi connectivity index (χ2v) is 8.63. The molecule has 6 nitrogen and oxygen atoms in total. The lowest BCUT2D eigenvalue weighted by molar-refractivity contribution is -0.115. The molecule has 0 bridgehead atoms. The van der Waals surface area contributed by atoms with Crippen molar-refractivity contribution in [1.29, 1.82) is 0 Å². The molecule has 0 saturated heterocycles. The minimum atomic E-state index is -0.133. The summed E-state index contributed by atoms with van der Waals surface area (Å²) in [7, 11) is 0. The Balaban J connectivity index is 1.54. The van der Waals surface area contributed by atoms with Gasteiger partial charge in [0.25, 0.3) is 5.89 Å². The Kier molecular flexibility index (Phi) is 5.55. The summed E-state index contributed by atoms with van der Waals surface area (Å²) >= 11 is 3.18. The molecule has 0 aliphatic rings. The van der Waals surface area contributed by atoms with Gasteiger partial charge in [-0.3, -0.25) is 4.79 Å². The van der Waals surface area contributed by atoms with Gasteiger partial charge in [-0.05, 0) is 30.0 Å². The van der Waals surface area contributed by atoms with Gasteiger partial charge < -0.3 is 9.84 Å². The average Bonchev–Trinajstić information content (AvgIpc) is 3.44. The molecule has 148 valence electrons. The third-order valence-electron chi connectivity index (χ3n) is 4.39. The van der Waals surface area contributed by atoms with E-state index in [0.29, 0.717) is 17.4 Å². The van der Waals surface area contributed by atoms with Gasteiger partial charge in [0.05, 0.1) is 23.4 Å². The highest BCUT2D eigenvalue weighted by Gasteiger charge is 2.18. The number of nitrogens with zero attached hydrogens (tertiary/aromatic N) is 3.